The third-order valence-corrected chi connectivity index (χ3v) is 3.34. The van der Waals surface area contributed by atoms with Crippen molar-refractivity contribution < 1.29 is 14.5 Å². The van der Waals surface area contributed by atoms with Crippen LogP contribution in [0.3, 0.4) is 0 Å². The second-order valence-corrected chi connectivity index (χ2v) is 4.52. The zero-order valence-corrected chi connectivity index (χ0v) is 10.7. The number of ether oxygens (including phenoxy) is 1. The van der Waals surface area contributed by atoms with Crippen LogP contribution in [-0.2, 0) is 0 Å². The van der Waals surface area contributed by atoms with Crippen molar-refractivity contribution in [2.75, 3.05) is 6.54 Å². The number of hydrogen-bond donors (Lipinski definition) is 0. The van der Waals surface area contributed by atoms with Crippen LogP contribution in [0.25, 0.3) is 0 Å². The summed E-state index contributed by atoms with van der Waals surface area (Å²) in [5, 5.41) is 10.5. The van der Waals surface area contributed by atoms with Crippen LogP contribution in [0.1, 0.15) is 26.2 Å². The van der Waals surface area contributed by atoms with Crippen molar-refractivity contribution in [2.45, 2.75) is 32.2 Å². The molecule has 1 amide bonds. The Morgan fingerprint density at radius 2 is 2.16 bits per heavy atom. The van der Waals surface area contributed by atoms with Gasteiger partial charge in [0.15, 0.2) is 0 Å². The Kier molecular flexibility index (Phi) is 3.99. The van der Waals surface area contributed by atoms with E-state index >= 15 is 0 Å². The molecular formula is C13H16N2O4. The fraction of sp³-hybridized carbons (Fsp3) is 0.462. The number of benzene rings is 1. The second kappa shape index (κ2) is 5.69. The number of likely N-dealkylation sites (tertiary alicyclic amines) is 1. The average Bonchev–Trinajstić information content (AvgIpc) is 2.87. The largest absolute Gasteiger partial charge is 0.415 e. The number of nitro groups is 1. The van der Waals surface area contributed by atoms with E-state index in [9.17, 15) is 14.9 Å². The smallest absolute Gasteiger partial charge is 0.410 e. The summed E-state index contributed by atoms with van der Waals surface area (Å²) < 4.78 is 5.23. The fourth-order valence-corrected chi connectivity index (χ4v) is 2.30. The standard InChI is InChI=1S/C13H16N2O4/c1-2-10-4-3-9-14(10)13(16)19-12-7-5-11(6-8-12)15(17)18/h5-8,10H,2-4,9H2,1H3. The molecule has 6 nitrogen and oxygen atoms in total. The van der Waals surface area contributed by atoms with Crippen LogP contribution in [-0.4, -0.2) is 28.5 Å². The summed E-state index contributed by atoms with van der Waals surface area (Å²) >= 11 is 0. The molecular weight excluding hydrogens is 248 g/mol. The van der Waals surface area contributed by atoms with Gasteiger partial charge in [0.25, 0.3) is 5.69 Å². The molecule has 1 aromatic rings. The molecule has 1 heterocycles. The molecule has 19 heavy (non-hydrogen) atoms. The molecule has 1 aromatic carbocycles. The number of carbonyl (C=O) groups is 1. The Balaban J connectivity index is 2.00. The number of carbonyl (C=O) groups excluding carboxylic acids is 1. The van der Waals surface area contributed by atoms with Gasteiger partial charge in [0.05, 0.1) is 4.92 Å². The maximum atomic E-state index is 12.0. The molecule has 0 N–H and O–H groups in total. The molecule has 0 radical (unpaired) electrons. The Morgan fingerprint density at radius 1 is 1.47 bits per heavy atom. The first-order valence-corrected chi connectivity index (χ1v) is 6.34. The summed E-state index contributed by atoms with van der Waals surface area (Å²) in [6, 6.07) is 5.76. The number of nitrogens with zero attached hydrogens (tertiary/aromatic N) is 2. The molecule has 1 unspecified atom stereocenters. The van der Waals surface area contributed by atoms with Gasteiger partial charge in [0.1, 0.15) is 5.75 Å². The van der Waals surface area contributed by atoms with Crippen molar-refractivity contribution in [2.24, 2.45) is 0 Å². The highest BCUT2D eigenvalue weighted by molar-refractivity contribution is 5.71. The maximum Gasteiger partial charge on any atom is 0.415 e. The predicted octanol–water partition coefficient (Wildman–Crippen LogP) is 2.97. The molecule has 1 aliphatic rings. The van der Waals surface area contributed by atoms with Crippen LogP contribution >= 0.6 is 0 Å². The molecule has 0 aromatic heterocycles. The lowest BCUT2D eigenvalue weighted by molar-refractivity contribution is -0.384. The molecule has 102 valence electrons. The van der Waals surface area contributed by atoms with Crippen LogP contribution in [0.15, 0.2) is 24.3 Å². The molecule has 0 aliphatic carbocycles. The Labute approximate surface area is 111 Å². The minimum atomic E-state index is -0.487. The Hall–Kier alpha value is -2.11. The van der Waals surface area contributed by atoms with Gasteiger partial charge in [-0.2, -0.15) is 0 Å². The zero-order valence-electron chi connectivity index (χ0n) is 10.7. The minimum Gasteiger partial charge on any atom is -0.410 e. The summed E-state index contributed by atoms with van der Waals surface area (Å²) in [4.78, 5) is 23.7. The van der Waals surface area contributed by atoms with E-state index in [0.29, 0.717) is 12.3 Å². The Bertz CT molecular complexity index is 472. The van der Waals surface area contributed by atoms with E-state index in [-0.39, 0.29) is 17.8 Å². The van der Waals surface area contributed by atoms with Crippen LogP contribution < -0.4 is 4.74 Å². The number of amides is 1. The lowest BCUT2D eigenvalue weighted by Gasteiger charge is -2.22. The number of hydrogen-bond acceptors (Lipinski definition) is 4. The van der Waals surface area contributed by atoms with E-state index in [4.69, 9.17) is 4.74 Å². The third kappa shape index (κ3) is 3.01. The van der Waals surface area contributed by atoms with Crippen LogP contribution in [0, 0.1) is 10.1 Å². The van der Waals surface area contributed by atoms with Crippen molar-refractivity contribution in [1.29, 1.82) is 0 Å². The van der Waals surface area contributed by atoms with Crippen molar-refractivity contribution in [1.82, 2.24) is 4.90 Å². The van der Waals surface area contributed by atoms with E-state index in [1.165, 1.54) is 24.3 Å². The molecule has 1 saturated heterocycles. The topological polar surface area (TPSA) is 72.7 Å². The second-order valence-electron chi connectivity index (χ2n) is 4.52. The fourth-order valence-electron chi connectivity index (χ4n) is 2.30. The van der Waals surface area contributed by atoms with Gasteiger partial charge in [-0.25, -0.2) is 4.79 Å². The molecule has 0 bridgehead atoms. The summed E-state index contributed by atoms with van der Waals surface area (Å²) in [6.07, 6.45) is 2.54. The molecule has 1 aliphatic heterocycles. The lowest BCUT2D eigenvalue weighted by Crippen LogP contribution is -2.37. The highest BCUT2D eigenvalue weighted by Crippen LogP contribution is 2.23. The van der Waals surface area contributed by atoms with Crippen molar-refractivity contribution in [3.05, 3.63) is 34.4 Å². The molecule has 1 atom stereocenters. The Morgan fingerprint density at radius 3 is 2.74 bits per heavy atom. The quantitative estimate of drug-likeness (QED) is 0.621. The van der Waals surface area contributed by atoms with Crippen molar-refractivity contribution in [3.63, 3.8) is 0 Å². The van der Waals surface area contributed by atoms with Gasteiger partial charge in [0.2, 0.25) is 0 Å². The van der Waals surface area contributed by atoms with Gasteiger partial charge in [-0.15, -0.1) is 0 Å². The van der Waals surface area contributed by atoms with E-state index in [0.717, 1.165) is 19.3 Å². The first kappa shape index (κ1) is 13.3. The van der Waals surface area contributed by atoms with Gasteiger partial charge >= 0.3 is 6.09 Å². The normalized spacial score (nSPS) is 18.4. The monoisotopic (exact) mass is 264 g/mol. The van der Waals surface area contributed by atoms with E-state index in [1.54, 1.807) is 4.90 Å². The predicted molar refractivity (Wildman–Crippen MR) is 69.1 cm³/mol. The highest BCUT2D eigenvalue weighted by Gasteiger charge is 2.28. The molecule has 2 rings (SSSR count). The van der Waals surface area contributed by atoms with Crippen LogP contribution in [0.5, 0.6) is 5.75 Å². The third-order valence-electron chi connectivity index (χ3n) is 3.34. The van der Waals surface area contributed by atoms with E-state index in [1.807, 2.05) is 6.92 Å². The van der Waals surface area contributed by atoms with E-state index < -0.39 is 4.92 Å². The van der Waals surface area contributed by atoms with Crippen molar-refractivity contribution in [3.8, 4) is 5.75 Å². The maximum absolute atomic E-state index is 12.0. The SMILES string of the molecule is CCC1CCCN1C(=O)Oc1ccc([N+](=O)[O-])cc1. The average molecular weight is 264 g/mol. The summed E-state index contributed by atoms with van der Waals surface area (Å²) in [5.41, 5.74) is -0.0209. The van der Waals surface area contributed by atoms with Gasteiger partial charge < -0.3 is 9.64 Å². The van der Waals surface area contributed by atoms with Crippen molar-refractivity contribution >= 4 is 11.8 Å². The molecule has 0 spiro atoms. The van der Waals surface area contributed by atoms with Gasteiger partial charge in [-0.1, -0.05) is 6.92 Å². The summed E-state index contributed by atoms with van der Waals surface area (Å²) in [5.74, 6) is 0.331. The summed E-state index contributed by atoms with van der Waals surface area (Å²) in [7, 11) is 0. The highest BCUT2D eigenvalue weighted by atomic mass is 16.6. The first-order valence-electron chi connectivity index (χ1n) is 6.34. The zero-order chi connectivity index (χ0) is 13.8. The van der Waals surface area contributed by atoms with Gasteiger partial charge in [0, 0.05) is 24.7 Å². The van der Waals surface area contributed by atoms with Crippen LogP contribution in [0.2, 0.25) is 0 Å². The summed E-state index contributed by atoms with van der Waals surface area (Å²) in [6.45, 7) is 2.76. The number of nitro benzene ring substituents is 1. The number of rotatable bonds is 3. The van der Waals surface area contributed by atoms with Crippen LogP contribution in [0.4, 0.5) is 10.5 Å². The molecule has 1 fully saturated rings. The van der Waals surface area contributed by atoms with Gasteiger partial charge in [-0.05, 0) is 31.4 Å². The molecule has 6 heteroatoms. The van der Waals surface area contributed by atoms with Gasteiger partial charge in [-0.3, -0.25) is 10.1 Å². The minimum absolute atomic E-state index is 0.0209. The first-order chi connectivity index (χ1) is 9.11. The molecule has 0 saturated carbocycles. The van der Waals surface area contributed by atoms with E-state index in [2.05, 4.69) is 0 Å². The number of non-ortho nitro benzene ring substituents is 1. The lowest BCUT2D eigenvalue weighted by atomic mass is 10.2.